The maximum Gasteiger partial charge on any atom is 1.00 e. The Morgan fingerprint density at radius 2 is 2.25 bits per heavy atom. The van der Waals surface area contributed by atoms with Crippen LogP contribution in [0.15, 0.2) is 0 Å². The SMILES string of the molecule is CCC[CH-][N+](=O)[O-].[Li+]. The summed E-state index contributed by atoms with van der Waals surface area (Å²) in [5.41, 5.74) is 0. The van der Waals surface area contributed by atoms with Gasteiger partial charge in [0.15, 0.2) is 0 Å². The first kappa shape index (κ1) is 10.8. The van der Waals surface area contributed by atoms with Gasteiger partial charge in [-0.3, -0.25) is 10.1 Å². The molecule has 3 nitrogen and oxygen atoms in total. The summed E-state index contributed by atoms with van der Waals surface area (Å²) < 4.78 is 0. The van der Waals surface area contributed by atoms with Crippen LogP contribution in [0.5, 0.6) is 0 Å². The maximum atomic E-state index is 9.51. The van der Waals surface area contributed by atoms with Gasteiger partial charge in [0.25, 0.3) is 0 Å². The third-order valence-electron chi connectivity index (χ3n) is 0.567. The van der Waals surface area contributed by atoms with E-state index in [9.17, 15) is 10.1 Å². The molecule has 0 aromatic carbocycles. The van der Waals surface area contributed by atoms with Gasteiger partial charge < -0.3 is 0 Å². The average molecular weight is 109 g/mol. The molecule has 0 saturated heterocycles. The van der Waals surface area contributed by atoms with E-state index in [-0.39, 0.29) is 18.9 Å². The van der Waals surface area contributed by atoms with Crippen molar-refractivity contribution in [3.8, 4) is 0 Å². The summed E-state index contributed by atoms with van der Waals surface area (Å²) in [6.07, 6.45) is 1.42. The van der Waals surface area contributed by atoms with Gasteiger partial charge in [0, 0.05) is 0 Å². The largest absolute Gasteiger partial charge is 1.00 e. The summed E-state index contributed by atoms with van der Waals surface area (Å²) >= 11 is 0. The zero-order chi connectivity index (χ0) is 5.70. The number of hydrogen-bond acceptors (Lipinski definition) is 2. The van der Waals surface area contributed by atoms with Crippen LogP contribution in [0.25, 0.3) is 0 Å². The van der Waals surface area contributed by atoms with Crippen molar-refractivity contribution < 1.29 is 23.8 Å². The molecule has 0 aliphatic rings. The van der Waals surface area contributed by atoms with E-state index in [1.807, 2.05) is 6.92 Å². The molecule has 0 amide bonds. The van der Waals surface area contributed by atoms with E-state index in [0.29, 0.717) is 6.42 Å². The van der Waals surface area contributed by atoms with Gasteiger partial charge in [-0.2, -0.15) is 0 Å². The minimum atomic E-state index is -0.413. The second-order valence-electron chi connectivity index (χ2n) is 1.26. The van der Waals surface area contributed by atoms with Crippen molar-refractivity contribution in [2.45, 2.75) is 19.8 Å². The molecule has 0 unspecified atom stereocenters. The minimum absolute atomic E-state index is 0. The molecule has 0 aliphatic heterocycles. The summed E-state index contributed by atoms with van der Waals surface area (Å²) in [4.78, 5) is 9.10. The zero-order valence-electron chi connectivity index (χ0n) is 5.26. The molecule has 0 radical (unpaired) electrons. The van der Waals surface area contributed by atoms with Gasteiger partial charge in [-0.15, -0.1) is 11.3 Å². The number of nitrogens with zero attached hydrogens (tertiary/aromatic N) is 1. The van der Waals surface area contributed by atoms with Crippen molar-refractivity contribution in [1.29, 1.82) is 0 Å². The molecule has 0 bridgehead atoms. The Bertz CT molecular complexity index is 67.1. The normalized spacial score (nSPS) is 7.12. The second kappa shape index (κ2) is 6.87. The average Bonchev–Trinajstić information content (AvgIpc) is 1.61. The van der Waals surface area contributed by atoms with Gasteiger partial charge in [0.1, 0.15) is 0 Å². The Balaban J connectivity index is 0. The molecule has 42 valence electrons. The molecule has 0 N–H and O–H groups in total. The molecule has 0 rings (SSSR count). The van der Waals surface area contributed by atoms with Gasteiger partial charge >= 0.3 is 18.9 Å². The van der Waals surface area contributed by atoms with E-state index < -0.39 is 4.92 Å². The first-order chi connectivity index (χ1) is 3.27. The number of unbranched alkanes of at least 4 members (excludes halogenated alkanes) is 1. The Hall–Kier alpha value is -0.133. The first-order valence-corrected chi connectivity index (χ1v) is 2.24. The van der Waals surface area contributed by atoms with Crippen molar-refractivity contribution >= 4 is 0 Å². The Kier molecular flexibility index (Phi) is 9.25. The molecule has 0 aromatic heterocycles. The summed E-state index contributed by atoms with van der Waals surface area (Å²) in [5.74, 6) is 0. The molecule has 4 heteroatoms. The van der Waals surface area contributed by atoms with E-state index in [4.69, 9.17) is 0 Å². The molecule has 0 saturated carbocycles. The Morgan fingerprint density at radius 1 is 1.75 bits per heavy atom. The topological polar surface area (TPSA) is 43.1 Å². The fraction of sp³-hybridized carbons (Fsp3) is 0.750. The molecular formula is C4H8LiNO2. The Labute approximate surface area is 60.8 Å². The summed E-state index contributed by atoms with van der Waals surface area (Å²) in [5, 5.41) is 9.51. The van der Waals surface area contributed by atoms with Gasteiger partial charge in [-0.05, 0) is 0 Å². The van der Waals surface area contributed by atoms with Crippen LogP contribution in [0.2, 0.25) is 0 Å². The van der Waals surface area contributed by atoms with Gasteiger partial charge in [-0.1, -0.05) is 19.9 Å². The predicted octanol–water partition coefficient (Wildman–Crippen LogP) is -1.77. The number of nitro groups is 1. The van der Waals surface area contributed by atoms with E-state index >= 15 is 0 Å². The summed E-state index contributed by atoms with van der Waals surface area (Å²) in [7, 11) is 0. The molecular weight excluding hydrogens is 101 g/mol. The van der Waals surface area contributed by atoms with Crippen molar-refractivity contribution in [1.82, 2.24) is 0 Å². The molecule has 0 aliphatic carbocycles. The Morgan fingerprint density at radius 3 is 2.38 bits per heavy atom. The van der Waals surface area contributed by atoms with Crippen LogP contribution in [-0.4, -0.2) is 4.92 Å². The van der Waals surface area contributed by atoms with Crippen LogP contribution in [-0.2, 0) is 0 Å². The third kappa shape index (κ3) is 9.29. The number of hydrogen-bond donors (Lipinski definition) is 0. The quantitative estimate of drug-likeness (QED) is 0.186. The predicted molar refractivity (Wildman–Crippen MR) is 26.2 cm³/mol. The fourth-order valence-corrected chi connectivity index (χ4v) is 0.235. The monoisotopic (exact) mass is 109 g/mol. The van der Waals surface area contributed by atoms with Crippen LogP contribution in [0.4, 0.5) is 0 Å². The van der Waals surface area contributed by atoms with Crippen LogP contribution in [0, 0.1) is 16.7 Å². The summed E-state index contributed by atoms with van der Waals surface area (Å²) in [6.45, 7) is 2.97. The molecule has 0 fully saturated rings. The van der Waals surface area contributed by atoms with Gasteiger partial charge in [0.05, 0.1) is 0 Å². The van der Waals surface area contributed by atoms with E-state index in [0.717, 1.165) is 13.0 Å². The second-order valence-corrected chi connectivity index (χ2v) is 1.26. The molecule has 0 aromatic rings. The van der Waals surface area contributed by atoms with E-state index in [1.165, 1.54) is 0 Å². The minimum Gasteiger partial charge on any atom is -0.295 e. The first-order valence-electron chi connectivity index (χ1n) is 2.24. The van der Waals surface area contributed by atoms with Crippen molar-refractivity contribution in [2.24, 2.45) is 0 Å². The maximum absolute atomic E-state index is 9.51. The fourth-order valence-electron chi connectivity index (χ4n) is 0.235. The van der Waals surface area contributed by atoms with Gasteiger partial charge in [0.2, 0.25) is 0 Å². The van der Waals surface area contributed by atoms with E-state index in [1.54, 1.807) is 0 Å². The van der Waals surface area contributed by atoms with Crippen LogP contribution < -0.4 is 18.9 Å². The standard InChI is InChI=1S/C4H8NO2.Li/c1-2-3-4-5(6)7;/h4H,2-3H2,1H3;/q-1;+1. The van der Waals surface area contributed by atoms with Crippen LogP contribution in [0.3, 0.4) is 0 Å². The van der Waals surface area contributed by atoms with Crippen molar-refractivity contribution in [3.63, 3.8) is 0 Å². The molecule has 0 heterocycles. The molecule has 8 heavy (non-hydrogen) atoms. The summed E-state index contributed by atoms with van der Waals surface area (Å²) in [6, 6.07) is 0. The van der Waals surface area contributed by atoms with Crippen LogP contribution >= 0.6 is 0 Å². The van der Waals surface area contributed by atoms with E-state index in [2.05, 4.69) is 0 Å². The number of rotatable bonds is 3. The van der Waals surface area contributed by atoms with Crippen LogP contribution in [0.1, 0.15) is 19.8 Å². The third-order valence-corrected chi connectivity index (χ3v) is 0.567. The smallest absolute Gasteiger partial charge is 0.295 e. The zero-order valence-corrected chi connectivity index (χ0v) is 5.26. The molecule has 0 spiro atoms. The molecule has 0 atom stereocenters. The van der Waals surface area contributed by atoms with Gasteiger partial charge in [-0.25, -0.2) is 0 Å². The van der Waals surface area contributed by atoms with Crippen molar-refractivity contribution in [3.05, 3.63) is 16.7 Å². The van der Waals surface area contributed by atoms with Crippen molar-refractivity contribution in [2.75, 3.05) is 0 Å².